The number of benzene rings is 1. The number of nitrogens with two attached hydrogens (primary N) is 1. The van der Waals surface area contributed by atoms with E-state index in [-0.39, 0.29) is 6.04 Å². The zero-order chi connectivity index (χ0) is 13.2. The molecule has 1 aliphatic carbocycles. The molecule has 1 aromatic carbocycles. The van der Waals surface area contributed by atoms with Crippen LogP contribution in [0, 0.1) is 6.92 Å². The number of hydrogen-bond donors (Lipinski definition) is 1. The molecule has 19 heavy (non-hydrogen) atoms. The third-order valence-corrected chi connectivity index (χ3v) is 3.54. The molecule has 1 aliphatic rings. The lowest BCUT2D eigenvalue weighted by atomic mass is 9.88. The molecule has 0 radical (unpaired) electrons. The maximum atomic E-state index is 6.14. The van der Waals surface area contributed by atoms with Gasteiger partial charge in [0.1, 0.15) is 23.8 Å². The van der Waals surface area contributed by atoms with Crippen molar-refractivity contribution in [1.29, 1.82) is 0 Å². The standard InChI is InChI=1S/C15H18N2O2/c1-10-7-12(17-19-10)9-18-13-6-5-11-3-2-4-15(16)14(11)8-13/h5-8,15H,2-4,9,16H2,1H3/t15-/m0/s1. The van der Waals surface area contributed by atoms with E-state index in [2.05, 4.69) is 17.3 Å². The van der Waals surface area contributed by atoms with E-state index >= 15 is 0 Å². The lowest BCUT2D eigenvalue weighted by Crippen LogP contribution is -2.17. The summed E-state index contributed by atoms with van der Waals surface area (Å²) in [5.41, 5.74) is 9.52. The molecule has 0 amide bonds. The molecule has 0 aliphatic heterocycles. The molecule has 4 heteroatoms. The van der Waals surface area contributed by atoms with Crippen molar-refractivity contribution in [3.05, 3.63) is 46.8 Å². The van der Waals surface area contributed by atoms with Gasteiger partial charge in [-0.15, -0.1) is 0 Å². The van der Waals surface area contributed by atoms with Crippen LogP contribution in [-0.2, 0) is 13.0 Å². The summed E-state index contributed by atoms with van der Waals surface area (Å²) in [5.74, 6) is 1.64. The van der Waals surface area contributed by atoms with Crippen molar-refractivity contribution in [3.8, 4) is 5.75 Å². The Morgan fingerprint density at radius 3 is 3.11 bits per heavy atom. The van der Waals surface area contributed by atoms with Crippen LogP contribution in [-0.4, -0.2) is 5.16 Å². The zero-order valence-corrected chi connectivity index (χ0v) is 11.1. The quantitative estimate of drug-likeness (QED) is 0.919. The second-order valence-electron chi connectivity index (χ2n) is 5.08. The smallest absolute Gasteiger partial charge is 0.134 e. The van der Waals surface area contributed by atoms with E-state index in [1.807, 2.05) is 19.1 Å². The summed E-state index contributed by atoms with van der Waals surface area (Å²) in [6, 6.07) is 8.21. The second-order valence-corrected chi connectivity index (χ2v) is 5.08. The van der Waals surface area contributed by atoms with Gasteiger partial charge in [0.25, 0.3) is 0 Å². The molecule has 0 saturated carbocycles. The minimum absolute atomic E-state index is 0.140. The Morgan fingerprint density at radius 1 is 1.42 bits per heavy atom. The van der Waals surface area contributed by atoms with Crippen molar-refractivity contribution >= 4 is 0 Å². The molecule has 0 saturated heterocycles. The zero-order valence-electron chi connectivity index (χ0n) is 11.1. The molecule has 1 aromatic heterocycles. The number of rotatable bonds is 3. The van der Waals surface area contributed by atoms with Crippen LogP contribution in [0.2, 0.25) is 0 Å². The minimum atomic E-state index is 0.140. The monoisotopic (exact) mass is 258 g/mol. The van der Waals surface area contributed by atoms with E-state index in [1.54, 1.807) is 0 Å². The fraction of sp³-hybridized carbons (Fsp3) is 0.400. The molecule has 0 spiro atoms. The third-order valence-electron chi connectivity index (χ3n) is 3.54. The SMILES string of the molecule is Cc1cc(COc2ccc3c(c2)[C@@H](N)CCC3)no1. The van der Waals surface area contributed by atoms with Gasteiger partial charge in [0.05, 0.1) is 0 Å². The molecule has 3 rings (SSSR count). The second kappa shape index (κ2) is 5.05. The van der Waals surface area contributed by atoms with Crippen LogP contribution < -0.4 is 10.5 Å². The van der Waals surface area contributed by atoms with E-state index in [9.17, 15) is 0 Å². The van der Waals surface area contributed by atoms with Gasteiger partial charge in [-0.25, -0.2) is 0 Å². The highest BCUT2D eigenvalue weighted by Crippen LogP contribution is 2.31. The molecular formula is C15H18N2O2. The Kier molecular flexibility index (Phi) is 3.25. The number of aryl methyl sites for hydroxylation is 2. The first-order valence-corrected chi connectivity index (χ1v) is 6.66. The Balaban J connectivity index is 1.73. The van der Waals surface area contributed by atoms with Gasteiger partial charge in [-0.1, -0.05) is 11.2 Å². The Bertz CT molecular complexity index is 577. The molecule has 0 bridgehead atoms. The topological polar surface area (TPSA) is 61.3 Å². The van der Waals surface area contributed by atoms with Gasteiger partial charge in [0.15, 0.2) is 0 Å². The van der Waals surface area contributed by atoms with Crippen molar-refractivity contribution in [2.45, 2.75) is 38.8 Å². The summed E-state index contributed by atoms with van der Waals surface area (Å²) in [6.45, 7) is 2.29. The number of ether oxygens (including phenoxy) is 1. The highest BCUT2D eigenvalue weighted by molar-refractivity contribution is 5.39. The van der Waals surface area contributed by atoms with Crippen LogP contribution in [0.4, 0.5) is 0 Å². The van der Waals surface area contributed by atoms with Crippen molar-refractivity contribution in [3.63, 3.8) is 0 Å². The van der Waals surface area contributed by atoms with E-state index in [1.165, 1.54) is 17.5 Å². The molecule has 1 atom stereocenters. The minimum Gasteiger partial charge on any atom is -0.487 e. The third kappa shape index (κ3) is 2.63. The van der Waals surface area contributed by atoms with Gasteiger partial charge in [0.2, 0.25) is 0 Å². The predicted octanol–water partition coefficient (Wildman–Crippen LogP) is 2.90. The molecule has 1 heterocycles. The van der Waals surface area contributed by atoms with Crippen LogP contribution in [0.15, 0.2) is 28.8 Å². The number of hydrogen-bond acceptors (Lipinski definition) is 4. The molecule has 0 fully saturated rings. The summed E-state index contributed by atoms with van der Waals surface area (Å²) in [5, 5.41) is 3.91. The van der Waals surface area contributed by atoms with Gasteiger partial charge < -0.3 is 15.0 Å². The molecule has 2 N–H and O–H groups in total. The van der Waals surface area contributed by atoms with Crippen LogP contribution in [0.5, 0.6) is 5.75 Å². The molecule has 4 nitrogen and oxygen atoms in total. The van der Waals surface area contributed by atoms with Gasteiger partial charge in [-0.05, 0) is 49.4 Å². The first-order chi connectivity index (χ1) is 9.22. The number of aromatic nitrogens is 1. The average Bonchev–Trinajstić information content (AvgIpc) is 2.83. The van der Waals surface area contributed by atoms with Crippen molar-refractivity contribution < 1.29 is 9.26 Å². The maximum Gasteiger partial charge on any atom is 0.134 e. The van der Waals surface area contributed by atoms with Crippen molar-refractivity contribution in [2.24, 2.45) is 5.73 Å². The molecule has 100 valence electrons. The van der Waals surface area contributed by atoms with Crippen LogP contribution in [0.3, 0.4) is 0 Å². The Morgan fingerprint density at radius 2 is 2.32 bits per heavy atom. The lowest BCUT2D eigenvalue weighted by molar-refractivity contribution is 0.287. The van der Waals surface area contributed by atoms with Gasteiger partial charge >= 0.3 is 0 Å². The van der Waals surface area contributed by atoms with Gasteiger partial charge in [-0.3, -0.25) is 0 Å². The molecular weight excluding hydrogens is 240 g/mol. The van der Waals surface area contributed by atoms with Gasteiger partial charge in [-0.2, -0.15) is 0 Å². The van der Waals surface area contributed by atoms with Crippen LogP contribution >= 0.6 is 0 Å². The highest BCUT2D eigenvalue weighted by Gasteiger charge is 2.17. The maximum absolute atomic E-state index is 6.14. The number of fused-ring (bicyclic) bond motifs is 1. The van der Waals surface area contributed by atoms with Crippen LogP contribution in [0.25, 0.3) is 0 Å². The number of nitrogens with zero attached hydrogens (tertiary/aromatic N) is 1. The Hall–Kier alpha value is -1.81. The van der Waals surface area contributed by atoms with Crippen molar-refractivity contribution in [1.82, 2.24) is 5.16 Å². The fourth-order valence-electron chi connectivity index (χ4n) is 2.55. The summed E-state index contributed by atoms with van der Waals surface area (Å²) in [4.78, 5) is 0. The van der Waals surface area contributed by atoms with E-state index in [0.717, 1.165) is 30.0 Å². The molecule has 0 unspecified atom stereocenters. The first kappa shape index (κ1) is 12.2. The summed E-state index contributed by atoms with van der Waals surface area (Å²) >= 11 is 0. The van der Waals surface area contributed by atoms with E-state index in [4.69, 9.17) is 15.0 Å². The summed E-state index contributed by atoms with van der Waals surface area (Å²) < 4.78 is 10.8. The molecule has 2 aromatic rings. The lowest BCUT2D eigenvalue weighted by Gasteiger charge is -2.22. The summed E-state index contributed by atoms with van der Waals surface area (Å²) in [6.07, 6.45) is 3.34. The normalized spacial score (nSPS) is 18.1. The predicted molar refractivity (Wildman–Crippen MR) is 71.9 cm³/mol. The van der Waals surface area contributed by atoms with E-state index in [0.29, 0.717) is 6.61 Å². The highest BCUT2D eigenvalue weighted by atomic mass is 16.5. The summed E-state index contributed by atoms with van der Waals surface area (Å²) in [7, 11) is 0. The Labute approximate surface area is 112 Å². The first-order valence-electron chi connectivity index (χ1n) is 6.66. The van der Waals surface area contributed by atoms with E-state index < -0.39 is 0 Å². The van der Waals surface area contributed by atoms with Crippen molar-refractivity contribution in [2.75, 3.05) is 0 Å². The fourth-order valence-corrected chi connectivity index (χ4v) is 2.55. The van der Waals surface area contributed by atoms with Gasteiger partial charge in [0, 0.05) is 12.1 Å². The van der Waals surface area contributed by atoms with Crippen LogP contribution in [0.1, 0.15) is 41.5 Å². The largest absolute Gasteiger partial charge is 0.487 e. The average molecular weight is 258 g/mol.